The first-order valence-corrected chi connectivity index (χ1v) is 39.9. The molecule has 9 heteroatoms. The molecule has 0 bridgehead atoms. The third-order valence-corrected chi connectivity index (χ3v) is 16.7. The molecule has 0 amide bonds. The zero-order valence-corrected chi connectivity index (χ0v) is 64.1. The number of esters is 2. The van der Waals surface area contributed by atoms with Crippen molar-refractivity contribution in [2.45, 2.75) is 322 Å². The maximum Gasteiger partial charge on any atom is 0.361 e. The van der Waals surface area contributed by atoms with Crippen molar-refractivity contribution in [1.29, 1.82) is 0 Å². The molecule has 0 aromatic heterocycles. The summed E-state index contributed by atoms with van der Waals surface area (Å²) in [5.74, 6) is -2.02. The number of rotatable bonds is 72. The van der Waals surface area contributed by atoms with Crippen LogP contribution in [0.3, 0.4) is 0 Å². The van der Waals surface area contributed by atoms with Gasteiger partial charge in [0.25, 0.3) is 6.29 Å². The van der Waals surface area contributed by atoms with Gasteiger partial charge in [-0.25, -0.2) is 4.79 Å². The Balaban J connectivity index is 4.10. The lowest BCUT2D eigenvalue weighted by molar-refractivity contribution is -0.870. The monoisotopic (exact) mass is 1370 g/mol. The van der Waals surface area contributed by atoms with Gasteiger partial charge in [0.05, 0.1) is 34.4 Å². The molecule has 9 nitrogen and oxygen atoms in total. The summed E-state index contributed by atoms with van der Waals surface area (Å²) in [5, 5.41) is 9.78. The van der Waals surface area contributed by atoms with Crippen LogP contribution in [0.1, 0.15) is 309 Å². The molecule has 0 fully saturated rings. The van der Waals surface area contributed by atoms with E-state index < -0.39 is 24.3 Å². The van der Waals surface area contributed by atoms with Gasteiger partial charge in [-0.1, -0.05) is 344 Å². The molecule has 0 saturated carbocycles. The quantitative estimate of drug-likeness (QED) is 0.0211. The number of hydrogen-bond donors (Lipinski definition) is 1. The first-order valence-electron chi connectivity index (χ1n) is 39.9. The van der Waals surface area contributed by atoms with Crippen LogP contribution in [0.5, 0.6) is 0 Å². The van der Waals surface area contributed by atoms with Crippen molar-refractivity contribution in [3.05, 3.63) is 182 Å². The molecule has 0 aliphatic heterocycles. The molecule has 0 aromatic carbocycles. The van der Waals surface area contributed by atoms with Gasteiger partial charge in [-0.3, -0.25) is 9.59 Å². The smallest absolute Gasteiger partial charge is 0.361 e. The molecule has 560 valence electrons. The predicted molar refractivity (Wildman–Crippen MR) is 428 cm³/mol. The number of likely N-dealkylation sites (N-methyl/N-ethyl adjacent to an activating group) is 1. The molecule has 0 rings (SSSR count). The third-order valence-electron chi connectivity index (χ3n) is 16.7. The van der Waals surface area contributed by atoms with Crippen molar-refractivity contribution < 1.29 is 42.9 Å². The Hall–Kier alpha value is -5.61. The Bertz CT molecular complexity index is 2290. The number of carboxylic acids is 1. The van der Waals surface area contributed by atoms with Crippen LogP contribution in [0.15, 0.2) is 182 Å². The lowest BCUT2D eigenvalue weighted by Crippen LogP contribution is -2.40. The standard InChI is InChI=1S/C90H147NO8/c1-6-8-10-12-14-16-18-20-22-24-26-28-30-32-34-36-38-40-42-44-46-48-50-52-54-56-58-60-62-64-66-68-70-72-74-76-78-80-87(92)97-84-86(85-98-90(89(94)95)96-83-82-91(3,4)5)99-88(93)81-79-77-75-73-71-69-67-65-63-61-59-57-55-53-51-49-47-45-43-41-39-37-35-33-31-29-27-25-23-21-19-17-15-13-11-9-7-2/h8-11,14-17,20-23,26-29,32-35,38-41,45,47,51,53,57,59,86,90H,6-7,12-13,18-19,24-25,30-31,36-37,42-44,46,48-50,52,54-56,58,60-85H2,1-5H3/p+1/b10-8-,11-9-,16-14-,17-15-,22-20-,23-21-,28-26-,29-27-,34-32-,35-33-,40-38-,41-39-,47-45-,53-51-,59-57-. The zero-order chi connectivity index (χ0) is 71.8. The van der Waals surface area contributed by atoms with Gasteiger partial charge in [0.2, 0.25) is 0 Å². The fraction of sp³-hybridized carbons (Fsp3) is 0.633. The highest BCUT2D eigenvalue weighted by Gasteiger charge is 2.25. The summed E-state index contributed by atoms with van der Waals surface area (Å²) in [7, 11) is 5.97. The molecule has 0 heterocycles. The maximum absolute atomic E-state index is 13.0. The van der Waals surface area contributed by atoms with Crippen molar-refractivity contribution in [3.63, 3.8) is 0 Å². The van der Waals surface area contributed by atoms with Crippen LogP contribution in [0.25, 0.3) is 0 Å². The molecule has 0 aliphatic rings. The summed E-state index contributed by atoms with van der Waals surface area (Å²) >= 11 is 0. The maximum atomic E-state index is 13.0. The minimum atomic E-state index is -1.52. The number of unbranched alkanes of at least 4 members (excludes halogenated alkanes) is 27. The van der Waals surface area contributed by atoms with Crippen LogP contribution < -0.4 is 0 Å². The number of hydrogen-bond acceptors (Lipinski definition) is 7. The zero-order valence-electron chi connectivity index (χ0n) is 64.1. The van der Waals surface area contributed by atoms with E-state index in [1.807, 2.05) is 21.1 Å². The molecule has 1 N–H and O–H groups in total. The molecule has 0 radical (unpaired) electrons. The van der Waals surface area contributed by atoms with E-state index in [0.717, 1.165) is 141 Å². The molecule has 2 unspecified atom stereocenters. The first kappa shape index (κ1) is 93.4. The normalized spacial score (nSPS) is 13.7. The number of nitrogens with zero attached hydrogens (tertiary/aromatic N) is 1. The summed E-state index contributed by atoms with van der Waals surface area (Å²) in [6, 6.07) is 0. The van der Waals surface area contributed by atoms with E-state index in [1.165, 1.54) is 135 Å². The Morgan fingerprint density at radius 1 is 0.303 bits per heavy atom. The van der Waals surface area contributed by atoms with Crippen molar-refractivity contribution in [3.8, 4) is 0 Å². The van der Waals surface area contributed by atoms with Crippen molar-refractivity contribution in [1.82, 2.24) is 0 Å². The second-order valence-electron chi connectivity index (χ2n) is 27.3. The van der Waals surface area contributed by atoms with Crippen molar-refractivity contribution in [2.24, 2.45) is 0 Å². The average molecular weight is 1370 g/mol. The van der Waals surface area contributed by atoms with E-state index in [0.29, 0.717) is 23.9 Å². The molecular weight excluding hydrogens is 1220 g/mol. The number of carbonyl (C=O) groups is 3. The van der Waals surface area contributed by atoms with E-state index in [9.17, 15) is 19.5 Å². The SMILES string of the molecule is CC/C=C\C/C=C\C/C=C\C/C=C\C/C=C\C/C=C\C/C=C\C/C=C\C/C=C\CCCCCCCCCCCC(=O)OC(COC(=O)CCCCCCCCCCCCCCCCCCCC/C=C\C/C=C\C/C=C\C/C=C\C/C=C\C/C=C\CC)COC(OCC[N+](C)(C)C)C(=O)O. The molecule has 2 atom stereocenters. The van der Waals surface area contributed by atoms with Crippen LogP contribution in [-0.4, -0.2) is 87.4 Å². The fourth-order valence-corrected chi connectivity index (χ4v) is 10.7. The Kier molecular flexibility index (Phi) is 73.7. The van der Waals surface area contributed by atoms with Gasteiger partial charge in [-0.15, -0.1) is 0 Å². The predicted octanol–water partition coefficient (Wildman–Crippen LogP) is 25.9. The van der Waals surface area contributed by atoms with E-state index in [1.54, 1.807) is 0 Å². The first-order chi connectivity index (χ1) is 48.6. The van der Waals surface area contributed by atoms with E-state index in [2.05, 4.69) is 196 Å². The number of quaternary nitrogens is 1. The summed E-state index contributed by atoms with van der Waals surface area (Å²) in [4.78, 5) is 37.8. The van der Waals surface area contributed by atoms with Crippen LogP contribution in [-0.2, 0) is 33.3 Å². The highest BCUT2D eigenvalue weighted by atomic mass is 16.7. The van der Waals surface area contributed by atoms with Crippen LogP contribution in [0, 0.1) is 0 Å². The van der Waals surface area contributed by atoms with Gasteiger partial charge in [-0.05, 0) is 135 Å². The topological polar surface area (TPSA) is 108 Å². The summed E-state index contributed by atoms with van der Waals surface area (Å²) < 4.78 is 23.0. The Morgan fingerprint density at radius 3 is 0.808 bits per heavy atom. The lowest BCUT2D eigenvalue weighted by Gasteiger charge is -2.25. The second kappa shape index (κ2) is 78.1. The molecule has 0 aliphatic carbocycles. The fourth-order valence-electron chi connectivity index (χ4n) is 10.7. The van der Waals surface area contributed by atoms with Crippen LogP contribution >= 0.6 is 0 Å². The van der Waals surface area contributed by atoms with Gasteiger partial charge < -0.3 is 28.5 Å². The average Bonchev–Trinajstić information content (AvgIpc) is 2.19. The molecule has 0 spiro atoms. The Morgan fingerprint density at radius 2 is 0.545 bits per heavy atom. The third kappa shape index (κ3) is 79.6. The highest BCUT2D eigenvalue weighted by molar-refractivity contribution is 5.71. The molecule has 99 heavy (non-hydrogen) atoms. The van der Waals surface area contributed by atoms with Gasteiger partial charge in [0.1, 0.15) is 13.2 Å². The van der Waals surface area contributed by atoms with E-state index >= 15 is 0 Å². The largest absolute Gasteiger partial charge is 0.477 e. The second-order valence-corrected chi connectivity index (χ2v) is 27.3. The van der Waals surface area contributed by atoms with E-state index in [-0.39, 0.29) is 32.2 Å². The number of aliphatic carboxylic acids is 1. The van der Waals surface area contributed by atoms with Gasteiger partial charge in [0.15, 0.2) is 6.10 Å². The summed E-state index contributed by atoms with van der Waals surface area (Å²) in [6.07, 6.45) is 116. The van der Waals surface area contributed by atoms with E-state index in [4.69, 9.17) is 18.9 Å². The van der Waals surface area contributed by atoms with Crippen molar-refractivity contribution >= 4 is 17.9 Å². The minimum Gasteiger partial charge on any atom is -0.477 e. The minimum absolute atomic E-state index is 0.179. The van der Waals surface area contributed by atoms with Gasteiger partial charge >= 0.3 is 17.9 Å². The number of carbonyl (C=O) groups excluding carboxylic acids is 2. The lowest BCUT2D eigenvalue weighted by atomic mass is 10.0. The molecular formula is C90H148NO8+. The van der Waals surface area contributed by atoms with Crippen LogP contribution in [0.4, 0.5) is 0 Å². The Labute approximate surface area is 609 Å². The van der Waals surface area contributed by atoms with Gasteiger partial charge in [-0.2, -0.15) is 0 Å². The summed E-state index contributed by atoms with van der Waals surface area (Å²) in [6.45, 7) is 4.65. The van der Waals surface area contributed by atoms with Gasteiger partial charge in [0, 0.05) is 12.8 Å². The summed E-state index contributed by atoms with van der Waals surface area (Å²) in [5.41, 5.74) is 0. The molecule has 0 aromatic rings. The van der Waals surface area contributed by atoms with Crippen LogP contribution in [0.2, 0.25) is 0 Å². The number of allylic oxidation sites excluding steroid dienone is 30. The highest BCUT2D eigenvalue weighted by Crippen LogP contribution is 2.17. The number of carboxylic acid groups (broad SMARTS) is 1. The molecule has 0 saturated heterocycles. The number of ether oxygens (including phenoxy) is 4. The van der Waals surface area contributed by atoms with Crippen molar-refractivity contribution in [2.75, 3.05) is 47.5 Å².